The molecule has 76 valence electrons. The number of aldehydes is 1. The minimum atomic E-state index is -0.515. The lowest BCUT2D eigenvalue weighted by Crippen LogP contribution is -1.95. The number of carbonyl (C=O) groups excluding carboxylic acids is 1. The van der Waals surface area contributed by atoms with E-state index in [0.29, 0.717) is 18.6 Å². The van der Waals surface area contributed by atoms with Crippen molar-refractivity contribution in [2.24, 2.45) is 0 Å². The van der Waals surface area contributed by atoms with Crippen LogP contribution < -0.4 is 4.74 Å². The molecule has 0 aliphatic heterocycles. The van der Waals surface area contributed by atoms with E-state index in [0.717, 1.165) is 11.8 Å². The van der Waals surface area contributed by atoms with Crippen LogP contribution in [0, 0.1) is 5.82 Å². The van der Waals surface area contributed by atoms with Gasteiger partial charge in [-0.15, -0.1) is 0 Å². The molecule has 0 fully saturated rings. The monoisotopic (exact) mass is 216 g/mol. The van der Waals surface area contributed by atoms with Crippen molar-refractivity contribution in [1.82, 2.24) is 0 Å². The fourth-order valence-electron chi connectivity index (χ4n) is 1.20. The first-order chi connectivity index (χ1) is 6.70. The van der Waals surface area contributed by atoms with Crippen LogP contribution in [0.4, 0.5) is 4.39 Å². The number of carbonyl (C=O) groups is 1. The van der Waals surface area contributed by atoms with Gasteiger partial charge in [0.15, 0.2) is 0 Å². The first kappa shape index (κ1) is 11.0. The molecule has 0 bridgehead atoms. The van der Waals surface area contributed by atoms with E-state index in [2.05, 4.69) is 0 Å². The molecule has 0 aliphatic carbocycles. The van der Waals surface area contributed by atoms with E-state index in [4.69, 9.17) is 16.3 Å². The zero-order chi connectivity index (χ0) is 10.6. The second kappa shape index (κ2) is 4.96. The Morgan fingerprint density at radius 1 is 1.57 bits per heavy atom. The maximum atomic E-state index is 13.0. The van der Waals surface area contributed by atoms with E-state index in [1.54, 1.807) is 6.07 Å². The summed E-state index contributed by atoms with van der Waals surface area (Å²) < 4.78 is 18.0. The van der Waals surface area contributed by atoms with E-state index in [1.165, 1.54) is 13.2 Å². The van der Waals surface area contributed by atoms with Crippen LogP contribution in [0.2, 0.25) is 5.02 Å². The molecule has 0 heterocycles. The van der Waals surface area contributed by atoms with Crippen molar-refractivity contribution >= 4 is 17.9 Å². The molecule has 1 aromatic rings. The Bertz CT molecular complexity index is 339. The first-order valence-electron chi connectivity index (χ1n) is 4.15. The zero-order valence-corrected chi connectivity index (χ0v) is 8.47. The lowest BCUT2D eigenvalue weighted by atomic mass is 10.1. The quantitative estimate of drug-likeness (QED) is 0.724. The molecular formula is C10H10ClFO2. The van der Waals surface area contributed by atoms with Crippen molar-refractivity contribution in [2.45, 2.75) is 12.8 Å². The molecule has 14 heavy (non-hydrogen) atoms. The van der Waals surface area contributed by atoms with Gasteiger partial charge in [0.25, 0.3) is 0 Å². The van der Waals surface area contributed by atoms with Gasteiger partial charge < -0.3 is 9.53 Å². The van der Waals surface area contributed by atoms with Crippen molar-refractivity contribution in [1.29, 1.82) is 0 Å². The Labute approximate surface area is 86.6 Å². The van der Waals surface area contributed by atoms with Crippen molar-refractivity contribution in [2.75, 3.05) is 7.11 Å². The number of ether oxygens (including phenoxy) is 1. The van der Waals surface area contributed by atoms with Gasteiger partial charge in [-0.25, -0.2) is 4.39 Å². The van der Waals surface area contributed by atoms with Gasteiger partial charge in [-0.1, -0.05) is 17.7 Å². The Hall–Kier alpha value is -1.09. The molecule has 0 amide bonds. The fourth-order valence-corrected chi connectivity index (χ4v) is 1.47. The summed E-state index contributed by atoms with van der Waals surface area (Å²) in [6.45, 7) is 0. The lowest BCUT2D eigenvalue weighted by Gasteiger charge is -2.09. The molecule has 0 unspecified atom stereocenters. The van der Waals surface area contributed by atoms with Crippen LogP contribution in [0.1, 0.15) is 12.0 Å². The van der Waals surface area contributed by atoms with Gasteiger partial charge >= 0.3 is 0 Å². The molecular weight excluding hydrogens is 207 g/mol. The van der Waals surface area contributed by atoms with Gasteiger partial charge in [-0.2, -0.15) is 0 Å². The predicted molar refractivity (Wildman–Crippen MR) is 52.3 cm³/mol. The van der Waals surface area contributed by atoms with Crippen LogP contribution in [0.15, 0.2) is 12.1 Å². The second-order valence-electron chi connectivity index (χ2n) is 2.76. The third-order valence-electron chi connectivity index (χ3n) is 1.87. The van der Waals surface area contributed by atoms with Crippen molar-refractivity contribution in [3.05, 3.63) is 28.5 Å². The van der Waals surface area contributed by atoms with Crippen molar-refractivity contribution in [3.63, 3.8) is 0 Å². The van der Waals surface area contributed by atoms with E-state index in [9.17, 15) is 9.18 Å². The maximum absolute atomic E-state index is 13.0. The lowest BCUT2D eigenvalue weighted by molar-refractivity contribution is -0.107. The van der Waals surface area contributed by atoms with Crippen LogP contribution in [-0.4, -0.2) is 13.4 Å². The Balaban J connectivity index is 3.03. The van der Waals surface area contributed by atoms with E-state index in [1.807, 2.05) is 0 Å². The van der Waals surface area contributed by atoms with E-state index >= 15 is 0 Å². The summed E-state index contributed by atoms with van der Waals surface area (Å²) >= 11 is 5.69. The number of methoxy groups -OCH3 is 1. The van der Waals surface area contributed by atoms with Crippen LogP contribution in [0.3, 0.4) is 0 Å². The van der Waals surface area contributed by atoms with Gasteiger partial charge in [0.1, 0.15) is 22.9 Å². The molecule has 4 heteroatoms. The average Bonchev–Trinajstić information content (AvgIpc) is 2.20. The number of rotatable bonds is 4. The highest BCUT2D eigenvalue weighted by Gasteiger charge is 2.11. The summed E-state index contributed by atoms with van der Waals surface area (Å²) in [6.07, 6.45) is 1.68. The number of aryl methyl sites for hydroxylation is 1. The van der Waals surface area contributed by atoms with Crippen molar-refractivity contribution < 1.29 is 13.9 Å². The molecule has 0 aliphatic rings. The SMILES string of the molecule is COc1c(CCC=O)ccc(F)c1Cl. The van der Waals surface area contributed by atoms with Gasteiger partial charge in [0.05, 0.1) is 7.11 Å². The topological polar surface area (TPSA) is 26.3 Å². The minimum absolute atomic E-state index is 0.0316. The first-order valence-corrected chi connectivity index (χ1v) is 4.53. The average molecular weight is 217 g/mol. The van der Waals surface area contributed by atoms with Gasteiger partial charge in [0, 0.05) is 6.42 Å². The highest BCUT2D eigenvalue weighted by atomic mass is 35.5. The largest absolute Gasteiger partial charge is 0.495 e. The Kier molecular flexibility index (Phi) is 3.89. The van der Waals surface area contributed by atoms with Gasteiger partial charge in [-0.05, 0) is 18.1 Å². The maximum Gasteiger partial charge on any atom is 0.145 e. The molecule has 0 spiro atoms. The fraction of sp³-hybridized carbons (Fsp3) is 0.300. The molecule has 2 nitrogen and oxygen atoms in total. The normalized spacial score (nSPS) is 9.93. The minimum Gasteiger partial charge on any atom is -0.495 e. The molecule has 0 radical (unpaired) electrons. The predicted octanol–water partition coefficient (Wildman–Crippen LogP) is 2.62. The van der Waals surface area contributed by atoms with E-state index < -0.39 is 5.82 Å². The third kappa shape index (κ3) is 2.23. The van der Waals surface area contributed by atoms with Crippen LogP contribution in [0.5, 0.6) is 5.75 Å². The highest BCUT2D eigenvalue weighted by molar-refractivity contribution is 6.32. The number of benzene rings is 1. The summed E-state index contributed by atoms with van der Waals surface area (Å²) in [5.41, 5.74) is 0.742. The number of halogens is 2. The van der Waals surface area contributed by atoms with Gasteiger partial charge in [-0.3, -0.25) is 0 Å². The Morgan fingerprint density at radius 2 is 2.29 bits per heavy atom. The smallest absolute Gasteiger partial charge is 0.145 e. The zero-order valence-electron chi connectivity index (χ0n) is 7.72. The summed E-state index contributed by atoms with van der Waals surface area (Å²) in [5.74, 6) is -0.202. The number of hydrogen-bond acceptors (Lipinski definition) is 2. The molecule has 0 aromatic heterocycles. The van der Waals surface area contributed by atoms with Crippen LogP contribution in [-0.2, 0) is 11.2 Å². The highest BCUT2D eigenvalue weighted by Crippen LogP contribution is 2.31. The summed E-state index contributed by atoms with van der Waals surface area (Å²) in [7, 11) is 1.42. The summed E-state index contributed by atoms with van der Waals surface area (Å²) in [6, 6.07) is 2.84. The molecule has 0 saturated carbocycles. The van der Waals surface area contributed by atoms with Crippen LogP contribution in [0.25, 0.3) is 0 Å². The summed E-state index contributed by atoms with van der Waals surface area (Å²) in [4.78, 5) is 10.2. The summed E-state index contributed by atoms with van der Waals surface area (Å²) in [5, 5.41) is -0.0316. The standard InChI is InChI=1S/C10H10ClFO2/c1-14-10-7(3-2-6-13)4-5-8(12)9(10)11/h4-6H,2-3H2,1H3. The number of hydrogen-bond donors (Lipinski definition) is 0. The molecule has 0 N–H and O–H groups in total. The van der Waals surface area contributed by atoms with Crippen LogP contribution >= 0.6 is 11.6 Å². The van der Waals surface area contributed by atoms with E-state index in [-0.39, 0.29) is 5.02 Å². The molecule has 0 saturated heterocycles. The molecule has 0 atom stereocenters. The second-order valence-corrected chi connectivity index (χ2v) is 3.14. The third-order valence-corrected chi connectivity index (χ3v) is 2.22. The molecule has 1 aromatic carbocycles. The Morgan fingerprint density at radius 3 is 2.86 bits per heavy atom. The van der Waals surface area contributed by atoms with Gasteiger partial charge in [0.2, 0.25) is 0 Å². The molecule has 1 rings (SSSR count). The van der Waals surface area contributed by atoms with Crippen molar-refractivity contribution in [3.8, 4) is 5.75 Å².